The first kappa shape index (κ1) is 31.8. The van der Waals surface area contributed by atoms with E-state index in [2.05, 4.69) is 30.9 Å². The lowest BCUT2D eigenvalue weighted by Crippen LogP contribution is -2.58. The molecule has 5 unspecified atom stereocenters. The molecule has 212 valence electrons. The van der Waals surface area contributed by atoms with E-state index in [1.807, 2.05) is 0 Å². The number of carboxylic acids is 2. The number of imidazole rings is 1. The molecule has 38 heavy (non-hydrogen) atoms. The number of carbonyl (C=O) groups excluding carboxylic acids is 3. The van der Waals surface area contributed by atoms with Crippen molar-refractivity contribution in [3.8, 4) is 0 Å². The SMILES string of the molecule is CCC(C)C(NC(=O)C(CCCN=C(N)N)NC(=O)C(CC(=O)O)NC(=O)C(N)Cc1cnc[nH]1)C(=O)O. The Balaban J connectivity index is 3.03. The van der Waals surface area contributed by atoms with Crippen molar-refractivity contribution in [1.29, 1.82) is 0 Å². The molecule has 0 aliphatic heterocycles. The lowest BCUT2D eigenvalue weighted by molar-refractivity contribution is -0.144. The number of aromatic amines is 1. The van der Waals surface area contributed by atoms with Gasteiger partial charge in [0.15, 0.2) is 5.96 Å². The van der Waals surface area contributed by atoms with Crippen molar-refractivity contribution in [2.45, 2.75) is 70.1 Å². The van der Waals surface area contributed by atoms with Crippen LogP contribution in [0.3, 0.4) is 0 Å². The molecular formula is C22H37N9O7. The summed E-state index contributed by atoms with van der Waals surface area (Å²) < 4.78 is 0. The maximum atomic E-state index is 13.0. The Morgan fingerprint density at radius 3 is 2.21 bits per heavy atom. The fraction of sp³-hybridized carbons (Fsp3) is 0.591. The number of rotatable bonds is 17. The Hall–Kier alpha value is -4.21. The van der Waals surface area contributed by atoms with Gasteiger partial charge in [0, 0.05) is 24.9 Å². The first-order valence-electron chi connectivity index (χ1n) is 12.0. The van der Waals surface area contributed by atoms with Crippen LogP contribution >= 0.6 is 0 Å². The van der Waals surface area contributed by atoms with Crippen molar-refractivity contribution >= 4 is 35.6 Å². The number of hydrogen-bond acceptors (Lipinski definition) is 8. The fourth-order valence-corrected chi connectivity index (χ4v) is 3.37. The Morgan fingerprint density at radius 2 is 1.68 bits per heavy atom. The Labute approximate surface area is 219 Å². The third kappa shape index (κ3) is 11.2. The Bertz CT molecular complexity index is 980. The smallest absolute Gasteiger partial charge is 0.326 e. The fourth-order valence-electron chi connectivity index (χ4n) is 3.37. The molecule has 12 N–H and O–H groups in total. The zero-order valence-electron chi connectivity index (χ0n) is 21.3. The molecule has 1 aromatic heterocycles. The second kappa shape index (κ2) is 15.8. The molecule has 0 fully saturated rings. The number of carbonyl (C=O) groups is 5. The molecule has 1 rings (SSSR count). The summed E-state index contributed by atoms with van der Waals surface area (Å²) >= 11 is 0. The van der Waals surface area contributed by atoms with Gasteiger partial charge in [-0.25, -0.2) is 9.78 Å². The molecule has 0 spiro atoms. The molecule has 1 heterocycles. The summed E-state index contributed by atoms with van der Waals surface area (Å²) in [6, 6.07) is -5.18. The molecule has 16 nitrogen and oxygen atoms in total. The highest BCUT2D eigenvalue weighted by Crippen LogP contribution is 2.10. The number of hydrogen-bond donors (Lipinski definition) is 9. The molecule has 0 saturated carbocycles. The van der Waals surface area contributed by atoms with E-state index in [4.69, 9.17) is 17.2 Å². The highest BCUT2D eigenvalue weighted by Gasteiger charge is 2.32. The number of amides is 3. The standard InChI is InChI=1S/C22H37N9O7/c1-3-11(2)17(21(37)38)31-19(35)14(5-4-6-27-22(24)25)29-20(36)15(8-16(32)33)30-18(34)13(23)7-12-9-26-10-28-12/h9-11,13-15,17H,3-8,23H2,1-2H3,(H,26,28)(H,29,36)(H,30,34)(H,31,35)(H,32,33)(H,37,38)(H4,24,25,27). The zero-order valence-corrected chi connectivity index (χ0v) is 21.3. The molecule has 0 saturated heterocycles. The van der Waals surface area contributed by atoms with E-state index in [0.717, 1.165) is 0 Å². The van der Waals surface area contributed by atoms with Gasteiger partial charge < -0.3 is 48.3 Å². The summed E-state index contributed by atoms with van der Waals surface area (Å²) in [5, 5.41) is 25.9. The van der Waals surface area contributed by atoms with Gasteiger partial charge in [-0.15, -0.1) is 0 Å². The number of nitrogens with zero attached hydrogens (tertiary/aromatic N) is 2. The molecule has 5 atom stereocenters. The summed E-state index contributed by atoms with van der Waals surface area (Å²) in [6.07, 6.45) is 2.80. The molecule has 3 amide bonds. The van der Waals surface area contributed by atoms with Gasteiger partial charge in [0.25, 0.3) is 0 Å². The molecule has 0 radical (unpaired) electrons. The van der Waals surface area contributed by atoms with Crippen LogP contribution in [0, 0.1) is 5.92 Å². The maximum Gasteiger partial charge on any atom is 0.326 e. The molecule has 0 bridgehead atoms. The van der Waals surface area contributed by atoms with Crippen LogP contribution in [-0.2, 0) is 30.4 Å². The number of carboxylic acid groups (broad SMARTS) is 2. The normalized spacial score (nSPS) is 14.7. The Kier molecular flexibility index (Phi) is 13.2. The first-order chi connectivity index (χ1) is 17.8. The summed E-state index contributed by atoms with van der Waals surface area (Å²) in [7, 11) is 0. The number of nitrogens with two attached hydrogens (primary N) is 3. The second-order valence-corrected chi connectivity index (χ2v) is 8.77. The van der Waals surface area contributed by atoms with Crippen molar-refractivity contribution in [3.63, 3.8) is 0 Å². The van der Waals surface area contributed by atoms with Crippen LogP contribution in [0.4, 0.5) is 0 Å². The lowest BCUT2D eigenvalue weighted by Gasteiger charge is -2.26. The van der Waals surface area contributed by atoms with E-state index < -0.39 is 66.2 Å². The molecular weight excluding hydrogens is 502 g/mol. The van der Waals surface area contributed by atoms with Gasteiger partial charge in [-0.1, -0.05) is 20.3 Å². The number of guanidine groups is 1. The van der Waals surface area contributed by atoms with E-state index in [9.17, 15) is 34.2 Å². The summed E-state index contributed by atoms with van der Waals surface area (Å²) in [6.45, 7) is 3.53. The molecule has 0 aliphatic carbocycles. The predicted octanol–water partition coefficient (Wildman–Crippen LogP) is -2.61. The van der Waals surface area contributed by atoms with Gasteiger partial charge in [0.05, 0.1) is 18.8 Å². The second-order valence-electron chi connectivity index (χ2n) is 8.77. The topological polar surface area (TPSA) is 281 Å². The average Bonchev–Trinajstić information content (AvgIpc) is 3.35. The van der Waals surface area contributed by atoms with Crippen LogP contribution in [0.2, 0.25) is 0 Å². The average molecular weight is 540 g/mol. The molecule has 0 aliphatic rings. The Morgan fingerprint density at radius 1 is 1.05 bits per heavy atom. The number of H-pyrrole nitrogens is 1. The lowest BCUT2D eigenvalue weighted by atomic mass is 9.98. The monoisotopic (exact) mass is 539 g/mol. The van der Waals surface area contributed by atoms with E-state index >= 15 is 0 Å². The minimum Gasteiger partial charge on any atom is -0.481 e. The summed E-state index contributed by atoms with van der Waals surface area (Å²) in [5.74, 6) is -5.78. The largest absolute Gasteiger partial charge is 0.481 e. The van der Waals surface area contributed by atoms with Gasteiger partial charge in [0.1, 0.15) is 18.1 Å². The highest BCUT2D eigenvalue weighted by molar-refractivity contribution is 5.95. The van der Waals surface area contributed by atoms with Gasteiger partial charge >= 0.3 is 11.9 Å². The van der Waals surface area contributed by atoms with E-state index in [1.165, 1.54) is 12.5 Å². The van der Waals surface area contributed by atoms with Crippen molar-refractivity contribution < 1.29 is 34.2 Å². The minimum atomic E-state index is -1.56. The van der Waals surface area contributed by atoms with Crippen LogP contribution in [0.1, 0.15) is 45.2 Å². The summed E-state index contributed by atoms with van der Waals surface area (Å²) in [5.41, 5.74) is 17.0. The first-order valence-corrected chi connectivity index (χ1v) is 12.0. The van der Waals surface area contributed by atoms with Crippen molar-refractivity contribution in [1.82, 2.24) is 25.9 Å². The molecule has 16 heteroatoms. The van der Waals surface area contributed by atoms with E-state index in [0.29, 0.717) is 12.1 Å². The number of aliphatic carboxylic acids is 2. The van der Waals surface area contributed by atoms with Crippen LogP contribution in [0.25, 0.3) is 0 Å². The number of nitrogens with one attached hydrogen (secondary N) is 4. The van der Waals surface area contributed by atoms with Crippen LogP contribution < -0.4 is 33.2 Å². The van der Waals surface area contributed by atoms with Gasteiger partial charge in [-0.05, 0) is 18.8 Å². The van der Waals surface area contributed by atoms with E-state index in [-0.39, 0.29) is 31.8 Å². The van der Waals surface area contributed by atoms with Gasteiger partial charge in [-0.2, -0.15) is 0 Å². The number of aliphatic imine (C=N–C) groups is 1. The number of aromatic nitrogens is 2. The minimum absolute atomic E-state index is 0.00568. The maximum absolute atomic E-state index is 13.0. The third-order valence-electron chi connectivity index (χ3n) is 5.70. The summed E-state index contributed by atoms with van der Waals surface area (Å²) in [4.78, 5) is 72.0. The van der Waals surface area contributed by atoms with Crippen LogP contribution in [-0.4, -0.2) is 86.5 Å². The molecule has 0 aromatic carbocycles. The van der Waals surface area contributed by atoms with Crippen molar-refractivity contribution in [2.24, 2.45) is 28.1 Å². The van der Waals surface area contributed by atoms with E-state index in [1.54, 1.807) is 13.8 Å². The van der Waals surface area contributed by atoms with Crippen molar-refractivity contribution in [2.75, 3.05) is 6.54 Å². The third-order valence-corrected chi connectivity index (χ3v) is 5.70. The zero-order chi connectivity index (χ0) is 28.8. The predicted molar refractivity (Wildman–Crippen MR) is 135 cm³/mol. The van der Waals surface area contributed by atoms with Gasteiger partial charge in [-0.3, -0.25) is 24.2 Å². The van der Waals surface area contributed by atoms with Crippen molar-refractivity contribution in [3.05, 3.63) is 18.2 Å². The quantitative estimate of drug-likeness (QED) is 0.0561. The van der Waals surface area contributed by atoms with Gasteiger partial charge in [0.2, 0.25) is 17.7 Å². The highest BCUT2D eigenvalue weighted by atomic mass is 16.4. The van der Waals surface area contributed by atoms with Crippen LogP contribution in [0.5, 0.6) is 0 Å². The van der Waals surface area contributed by atoms with Crippen LogP contribution in [0.15, 0.2) is 17.5 Å². The molecule has 1 aromatic rings.